The Morgan fingerprint density at radius 2 is 2.29 bits per heavy atom. The number of hydrogen-bond donors (Lipinski definition) is 0. The maximum atomic E-state index is 11.5. The summed E-state index contributed by atoms with van der Waals surface area (Å²) >= 11 is 0. The van der Waals surface area contributed by atoms with E-state index >= 15 is 0 Å². The van der Waals surface area contributed by atoms with Gasteiger partial charge in [-0.1, -0.05) is 0 Å². The molecular formula is C11H14N2O4. The van der Waals surface area contributed by atoms with Gasteiger partial charge in [-0.2, -0.15) is 0 Å². The molecule has 0 amide bonds. The molecule has 1 atom stereocenters. The minimum Gasteiger partial charge on any atom is -0.465 e. The third-order valence-corrected chi connectivity index (χ3v) is 2.39. The molecule has 0 aromatic carbocycles. The predicted molar refractivity (Wildman–Crippen MR) is 60.7 cm³/mol. The monoisotopic (exact) mass is 238 g/mol. The minimum atomic E-state index is -0.741. The van der Waals surface area contributed by atoms with Gasteiger partial charge in [0.25, 0.3) is 5.69 Å². The topological polar surface area (TPSA) is 82.3 Å². The first-order chi connectivity index (χ1) is 7.99. The van der Waals surface area contributed by atoms with Gasteiger partial charge in [0.2, 0.25) is 0 Å². The van der Waals surface area contributed by atoms with E-state index in [2.05, 4.69) is 4.98 Å². The molecular weight excluding hydrogens is 224 g/mol. The van der Waals surface area contributed by atoms with E-state index in [1.165, 1.54) is 6.20 Å². The van der Waals surface area contributed by atoms with Crippen molar-refractivity contribution in [2.75, 3.05) is 6.61 Å². The zero-order valence-corrected chi connectivity index (χ0v) is 9.97. The van der Waals surface area contributed by atoms with Gasteiger partial charge < -0.3 is 4.74 Å². The summed E-state index contributed by atoms with van der Waals surface area (Å²) in [5.41, 5.74) is 0.512. The fraction of sp³-hybridized carbons (Fsp3) is 0.455. The van der Waals surface area contributed by atoms with Crippen molar-refractivity contribution in [2.24, 2.45) is 0 Å². The Labute approximate surface area is 98.8 Å². The van der Waals surface area contributed by atoms with E-state index in [4.69, 9.17) is 4.74 Å². The van der Waals surface area contributed by atoms with Gasteiger partial charge in [0.1, 0.15) is 11.6 Å². The second-order valence-corrected chi connectivity index (χ2v) is 3.59. The normalized spacial score (nSPS) is 11.9. The molecule has 1 unspecified atom stereocenters. The number of esters is 1. The Morgan fingerprint density at radius 3 is 2.82 bits per heavy atom. The van der Waals surface area contributed by atoms with Gasteiger partial charge in [0.05, 0.1) is 11.5 Å². The summed E-state index contributed by atoms with van der Waals surface area (Å²) in [6.07, 6.45) is 1.45. The van der Waals surface area contributed by atoms with E-state index in [0.29, 0.717) is 5.56 Å². The van der Waals surface area contributed by atoms with Gasteiger partial charge in [0.15, 0.2) is 0 Å². The molecule has 1 rings (SSSR count). The van der Waals surface area contributed by atoms with Crippen molar-refractivity contribution in [1.29, 1.82) is 0 Å². The molecule has 0 aliphatic rings. The maximum absolute atomic E-state index is 11.5. The van der Waals surface area contributed by atoms with E-state index < -0.39 is 16.8 Å². The van der Waals surface area contributed by atoms with Crippen molar-refractivity contribution >= 4 is 11.7 Å². The van der Waals surface area contributed by atoms with Gasteiger partial charge in [-0.15, -0.1) is 0 Å². The van der Waals surface area contributed by atoms with Crippen LogP contribution in [0.4, 0.5) is 5.69 Å². The van der Waals surface area contributed by atoms with Crippen LogP contribution < -0.4 is 0 Å². The molecule has 0 fully saturated rings. The third kappa shape index (κ3) is 2.77. The maximum Gasteiger partial charge on any atom is 0.315 e. The lowest BCUT2D eigenvalue weighted by atomic mass is 10.0. The molecule has 0 spiro atoms. The molecule has 0 aliphatic heterocycles. The van der Waals surface area contributed by atoms with Crippen LogP contribution in [0.1, 0.15) is 31.0 Å². The number of carbonyl (C=O) groups excluding carboxylic acids is 1. The van der Waals surface area contributed by atoms with Crippen LogP contribution in [0.15, 0.2) is 12.3 Å². The number of pyridine rings is 1. The highest BCUT2D eigenvalue weighted by Crippen LogP contribution is 2.28. The number of nitrogens with zero attached hydrogens (tertiary/aromatic N) is 2. The molecule has 1 aromatic rings. The first kappa shape index (κ1) is 13.1. The van der Waals surface area contributed by atoms with E-state index in [-0.39, 0.29) is 18.0 Å². The first-order valence-corrected chi connectivity index (χ1v) is 5.25. The molecule has 0 bridgehead atoms. The summed E-state index contributed by atoms with van der Waals surface area (Å²) in [6, 6.07) is 1.54. The number of aromatic nitrogens is 1. The Morgan fingerprint density at radius 1 is 1.65 bits per heavy atom. The van der Waals surface area contributed by atoms with Gasteiger partial charge in [0, 0.05) is 11.8 Å². The Balaban J connectivity index is 3.17. The van der Waals surface area contributed by atoms with Gasteiger partial charge in [-0.3, -0.25) is 19.9 Å². The van der Waals surface area contributed by atoms with Crippen molar-refractivity contribution < 1.29 is 14.5 Å². The van der Waals surface area contributed by atoms with Gasteiger partial charge in [-0.05, 0) is 26.8 Å². The number of carbonyl (C=O) groups is 1. The fourth-order valence-corrected chi connectivity index (χ4v) is 1.50. The molecule has 0 aliphatic carbocycles. The third-order valence-electron chi connectivity index (χ3n) is 2.39. The number of ether oxygens (including phenoxy) is 1. The summed E-state index contributed by atoms with van der Waals surface area (Å²) in [5, 5.41) is 10.9. The van der Waals surface area contributed by atoms with Crippen molar-refractivity contribution in [3.05, 3.63) is 33.6 Å². The highest BCUT2D eigenvalue weighted by atomic mass is 16.6. The van der Waals surface area contributed by atoms with Crippen LogP contribution in [0, 0.1) is 17.0 Å². The molecule has 1 aromatic heterocycles. The lowest BCUT2D eigenvalue weighted by molar-refractivity contribution is -0.386. The molecule has 6 heteroatoms. The number of aryl methyl sites for hydroxylation is 1. The molecule has 92 valence electrons. The van der Waals surface area contributed by atoms with E-state index in [1.807, 2.05) is 0 Å². The van der Waals surface area contributed by atoms with Crippen LogP contribution in [0.3, 0.4) is 0 Å². The second kappa shape index (κ2) is 5.38. The van der Waals surface area contributed by atoms with Crippen molar-refractivity contribution in [3.63, 3.8) is 0 Å². The summed E-state index contributed by atoms with van der Waals surface area (Å²) in [7, 11) is 0. The Kier molecular flexibility index (Phi) is 4.14. The Bertz CT molecular complexity index is 445. The first-order valence-electron chi connectivity index (χ1n) is 5.25. The number of rotatable bonds is 4. The highest BCUT2D eigenvalue weighted by molar-refractivity contribution is 5.78. The van der Waals surface area contributed by atoms with E-state index in [9.17, 15) is 14.9 Å². The van der Waals surface area contributed by atoms with Gasteiger partial charge >= 0.3 is 5.97 Å². The lowest BCUT2D eigenvalue weighted by Gasteiger charge is -2.10. The van der Waals surface area contributed by atoms with Crippen LogP contribution in [0.5, 0.6) is 0 Å². The lowest BCUT2D eigenvalue weighted by Crippen LogP contribution is -2.16. The molecule has 1 heterocycles. The van der Waals surface area contributed by atoms with E-state index in [0.717, 1.165) is 0 Å². The smallest absolute Gasteiger partial charge is 0.315 e. The molecule has 0 saturated heterocycles. The molecule has 0 radical (unpaired) electrons. The molecule has 17 heavy (non-hydrogen) atoms. The highest BCUT2D eigenvalue weighted by Gasteiger charge is 2.28. The quantitative estimate of drug-likeness (QED) is 0.455. The SMILES string of the molecule is CCOC(=O)C(C)c1nccc(C)c1[N+](=O)[O-]. The zero-order chi connectivity index (χ0) is 13.0. The largest absolute Gasteiger partial charge is 0.465 e. The van der Waals surface area contributed by atoms with Crippen molar-refractivity contribution in [2.45, 2.75) is 26.7 Å². The van der Waals surface area contributed by atoms with Crippen molar-refractivity contribution in [3.8, 4) is 0 Å². The molecule has 6 nitrogen and oxygen atoms in total. The minimum absolute atomic E-state index is 0.118. The van der Waals surface area contributed by atoms with Crippen LogP contribution in [-0.4, -0.2) is 22.5 Å². The zero-order valence-electron chi connectivity index (χ0n) is 9.97. The fourth-order valence-electron chi connectivity index (χ4n) is 1.50. The van der Waals surface area contributed by atoms with Crippen LogP contribution in [0.25, 0.3) is 0 Å². The number of hydrogen-bond acceptors (Lipinski definition) is 5. The Hall–Kier alpha value is -1.98. The predicted octanol–water partition coefficient (Wildman–Crippen LogP) is 1.96. The summed E-state index contributed by atoms with van der Waals surface area (Å²) in [4.78, 5) is 25.9. The summed E-state index contributed by atoms with van der Waals surface area (Å²) in [5.74, 6) is -1.25. The van der Waals surface area contributed by atoms with Crippen LogP contribution in [-0.2, 0) is 9.53 Å². The standard InChI is InChI=1S/C11H14N2O4/c1-4-17-11(14)8(3)9-10(13(15)16)7(2)5-6-12-9/h5-6,8H,4H2,1-3H3. The average molecular weight is 238 g/mol. The summed E-state index contributed by atoms with van der Waals surface area (Å²) in [6.45, 7) is 5.08. The van der Waals surface area contributed by atoms with Crippen molar-refractivity contribution in [1.82, 2.24) is 4.98 Å². The van der Waals surface area contributed by atoms with Gasteiger partial charge in [-0.25, -0.2) is 0 Å². The summed E-state index contributed by atoms with van der Waals surface area (Å²) < 4.78 is 4.83. The molecule has 0 saturated carbocycles. The van der Waals surface area contributed by atoms with Crippen LogP contribution in [0.2, 0.25) is 0 Å². The van der Waals surface area contributed by atoms with E-state index in [1.54, 1.807) is 26.8 Å². The average Bonchev–Trinajstić information content (AvgIpc) is 2.27. The number of nitro groups is 1. The second-order valence-electron chi connectivity index (χ2n) is 3.59. The molecule has 0 N–H and O–H groups in total. The van der Waals surface area contributed by atoms with Crippen LogP contribution >= 0.6 is 0 Å².